The summed E-state index contributed by atoms with van der Waals surface area (Å²) in [7, 11) is 0. The molecule has 0 aliphatic carbocycles. The minimum Gasteiger partial charge on any atom is -0.411 e. The second kappa shape index (κ2) is 5.77. The minimum absolute atomic E-state index is 0.197. The Bertz CT molecular complexity index is 606. The van der Waals surface area contributed by atoms with Gasteiger partial charge in [0, 0.05) is 12.0 Å². The van der Waals surface area contributed by atoms with Gasteiger partial charge in [0.2, 0.25) is 0 Å². The average molecular weight is 279 g/mol. The molecule has 0 amide bonds. The van der Waals surface area contributed by atoms with Crippen LogP contribution in [0.1, 0.15) is 16.7 Å². The van der Waals surface area contributed by atoms with E-state index in [1.807, 2.05) is 30.3 Å². The van der Waals surface area contributed by atoms with Gasteiger partial charge in [0.25, 0.3) is 0 Å². The molecular formula is C15H12F3NO. The van der Waals surface area contributed by atoms with Gasteiger partial charge in [-0.2, -0.15) is 13.2 Å². The lowest BCUT2D eigenvalue weighted by atomic mass is 10.0. The molecule has 0 bridgehead atoms. The van der Waals surface area contributed by atoms with Crippen molar-refractivity contribution in [2.45, 2.75) is 12.6 Å². The zero-order chi connectivity index (χ0) is 14.6. The predicted molar refractivity (Wildman–Crippen MR) is 69.9 cm³/mol. The summed E-state index contributed by atoms with van der Waals surface area (Å²) in [6, 6.07) is 13.9. The number of alkyl halides is 3. The second-order valence-corrected chi connectivity index (χ2v) is 4.29. The number of halogens is 3. The van der Waals surface area contributed by atoms with Crippen LogP contribution in [-0.4, -0.2) is 10.9 Å². The third kappa shape index (κ3) is 3.38. The number of rotatable bonds is 3. The van der Waals surface area contributed by atoms with E-state index in [1.54, 1.807) is 0 Å². The molecule has 2 aromatic rings. The Morgan fingerprint density at radius 2 is 1.70 bits per heavy atom. The van der Waals surface area contributed by atoms with Crippen LogP contribution in [0.4, 0.5) is 13.2 Å². The molecule has 0 atom stereocenters. The van der Waals surface area contributed by atoms with Gasteiger partial charge in [0.05, 0.1) is 11.3 Å². The molecular weight excluding hydrogens is 267 g/mol. The van der Waals surface area contributed by atoms with Crippen molar-refractivity contribution in [3.63, 3.8) is 0 Å². The van der Waals surface area contributed by atoms with E-state index in [-0.39, 0.29) is 17.7 Å². The molecule has 0 aromatic heterocycles. The van der Waals surface area contributed by atoms with Gasteiger partial charge in [-0.05, 0) is 17.7 Å². The first kappa shape index (κ1) is 14.1. The fourth-order valence-electron chi connectivity index (χ4n) is 1.86. The molecule has 0 heterocycles. The van der Waals surface area contributed by atoms with Crippen LogP contribution in [0, 0.1) is 0 Å². The van der Waals surface area contributed by atoms with Gasteiger partial charge in [0.15, 0.2) is 0 Å². The van der Waals surface area contributed by atoms with Crippen molar-refractivity contribution in [1.29, 1.82) is 0 Å². The molecule has 5 heteroatoms. The molecule has 1 N–H and O–H groups in total. The summed E-state index contributed by atoms with van der Waals surface area (Å²) in [5, 5.41) is 12.2. The number of benzene rings is 2. The van der Waals surface area contributed by atoms with E-state index in [0.717, 1.165) is 17.7 Å². The van der Waals surface area contributed by atoms with Crippen LogP contribution in [0.15, 0.2) is 59.8 Å². The molecule has 0 saturated carbocycles. The lowest BCUT2D eigenvalue weighted by Gasteiger charge is -2.10. The number of hydrogen-bond acceptors (Lipinski definition) is 2. The summed E-state index contributed by atoms with van der Waals surface area (Å²) in [6.07, 6.45) is -4.15. The first-order valence-electron chi connectivity index (χ1n) is 5.93. The van der Waals surface area contributed by atoms with Crippen molar-refractivity contribution in [3.8, 4) is 0 Å². The molecule has 2 nitrogen and oxygen atoms in total. The van der Waals surface area contributed by atoms with E-state index in [9.17, 15) is 13.2 Å². The Morgan fingerprint density at radius 1 is 1.00 bits per heavy atom. The van der Waals surface area contributed by atoms with Crippen LogP contribution in [0.3, 0.4) is 0 Å². The molecule has 0 saturated heterocycles. The quantitative estimate of drug-likeness (QED) is 0.511. The lowest BCUT2D eigenvalue weighted by molar-refractivity contribution is -0.137. The van der Waals surface area contributed by atoms with E-state index < -0.39 is 11.7 Å². The van der Waals surface area contributed by atoms with E-state index in [0.29, 0.717) is 0 Å². The van der Waals surface area contributed by atoms with Crippen molar-refractivity contribution in [2.75, 3.05) is 0 Å². The topological polar surface area (TPSA) is 32.6 Å². The third-order valence-electron chi connectivity index (χ3n) is 2.86. The first-order chi connectivity index (χ1) is 9.50. The largest absolute Gasteiger partial charge is 0.416 e. The smallest absolute Gasteiger partial charge is 0.411 e. The summed E-state index contributed by atoms with van der Waals surface area (Å²) in [6.45, 7) is 0. The molecule has 2 rings (SSSR count). The standard InChI is InChI=1S/C15H12F3NO/c16-15(17,18)13-8-4-7-12(10-13)14(19-20)9-11-5-2-1-3-6-11/h1-8,10,20H,9H2. The van der Waals surface area contributed by atoms with Gasteiger partial charge in [-0.15, -0.1) is 0 Å². The van der Waals surface area contributed by atoms with Gasteiger partial charge in [-0.25, -0.2) is 0 Å². The van der Waals surface area contributed by atoms with E-state index in [4.69, 9.17) is 5.21 Å². The van der Waals surface area contributed by atoms with E-state index >= 15 is 0 Å². The maximum absolute atomic E-state index is 12.7. The maximum Gasteiger partial charge on any atom is 0.416 e. The van der Waals surface area contributed by atoms with E-state index in [2.05, 4.69) is 5.16 Å². The van der Waals surface area contributed by atoms with Gasteiger partial charge in [0.1, 0.15) is 0 Å². The number of hydrogen-bond donors (Lipinski definition) is 1. The highest BCUT2D eigenvalue weighted by Crippen LogP contribution is 2.29. The monoisotopic (exact) mass is 279 g/mol. The van der Waals surface area contributed by atoms with Crippen molar-refractivity contribution in [3.05, 3.63) is 71.3 Å². The molecule has 0 fully saturated rings. The van der Waals surface area contributed by atoms with Crippen LogP contribution in [0.25, 0.3) is 0 Å². The van der Waals surface area contributed by atoms with Crippen LogP contribution in [0.5, 0.6) is 0 Å². The molecule has 0 radical (unpaired) electrons. The van der Waals surface area contributed by atoms with Gasteiger partial charge in [-0.3, -0.25) is 0 Å². The Balaban J connectivity index is 2.29. The highest BCUT2D eigenvalue weighted by molar-refractivity contribution is 6.01. The summed E-state index contributed by atoms with van der Waals surface area (Å²) < 4.78 is 38.0. The van der Waals surface area contributed by atoms with Crippen molar-refractivity contribution >= 4 is 5.71 Å². The molecule has 104 valence electrons. The van der Waals surface area contributed by atoms with Crippen molar-refractivity contribution in [2.24, 2.45) is 5.16 Å². The highest BCUT2D eigenvalue weighted by Gasteiger charge is 2.30. The van der Waals surface area contributed by atoms with Gasteiger partial charge in [-0.1, -0.05) is 47.6 Å². The summed E-state index contributed by atoms with van der Waals surface area (Å²) in [4.78, 5) is 0. The normalized spacial score (nSPS) is 12.4. The van der Waals surface area contributed by atoms with Gasteiger partial charge >= 0.3 is 6.18 Å². The van der Waals surface area contributed by atoms with Crippen LogP contribution >= 0.6 is 0 Å². The van der Waals surface area contributed by atoms with Crippen LogP contribution in [0.2, 0.25) is 0 Å². The lowest BCUT2D eigenvalue weighted by Crippen LogP contribution is -2.09. The van der Waals surface area contributed by atoms with Crippen molar-refractivity contribution in [1.82, 2.24) is 0 Å². The second-order valence-electron chi connectivity index (χ2n) is 4.29. The van der Waals surface area contributed by atoms with Crippen LogP contribution in [-0.2, 0) is 12.6 Å². The van der Waals surface area contributed by atoms with Gasteiger partial charge < -0.3 is 5.21 Å². The van der Waals surface area contributed by atoms with Crippen molar-refractivity contribution < 1.29 is 18.4 Å². The number of nitrogens with zero attached hydrogens (tertiary/aromatic N) is 1. The average Bonchev–Trinajstić information content (AvgIpc) is 2.45. The molecule has 0 aliphatic heterocycles. The Kier molecular flexibility index (Phi) is 4.08. The molecule has 0 spiro atoms. The summed E-state index contributed by atoms with van der Waals surface area (Å²) in [5.41, 5.74) is 0.551. The number of oxime groups is 1. The Hall–Kier alpha value is -2.30. The molecule has 2 aromatic carbocycles. The first-order valence-corrected chi connectivity index (χ1v) is 5.93. The molecule has 20 heavy (non-hydrogen) atoms. The zero-order valence-electron chi connectivity index (χ0n) is 10.4. The Labute approximate surface area is 114 Å². The molecule has 0 aliphatic rings. The van der Waals surface area contributed by atoms with Crippen LogP contribution < -0.4 is 0 Å². The Morgan fingerprint density at radius 3 is 2.30 bits per heavy atom. The fourth-order valence-corrected chi connectivity index (χ4v) is 1.86. The maximum atomic E-state index is 12.7. The third-order valence-corrected chi connectivity index (χ3v) is 2.86. The summed E-state index contributed by atoms with van der Waals surface area (Å²) in [5.74, 6) is 0. The fraction of sp³-hybridized carbons (Fsp3) is 0.133. The highest BCUT2D eigenvalue weighted by atomic mass is 19.4. The predicted octanol–water partition coefficient (Wildman–Crippen LogP) is 4.13. The minimum atomic E-state index is -4.41. The van der Waals surface area contributed by atoms with E-state index in [1.165, 1.54) is 12.1 Å². The summed E-state index contributed by atoms with van der Waals surface area (Å²) >= 11 is 0. The molecule has 0 unspecified atom stereocenters. The zero-order valence-corrected chi connectivity index (χ0v) is 10.4. The SMILES string of the molecule is ON=C(Cc1ccccc1)c1cccc(C(F)(F)F)c1.